The summed E-state index contributed by atoms with van der Waals surface area (Å²) in [7, 11) is 1.67. The van der Waals surface area contributed by atoms with Crippen molar-refractivity contribution in [2.45, 2.75) is 32.0 Å². The number of carbonyl (C=O) groups is 1. The number of benzene rings is 1. The average Bonchev–Trinajstić information content (AvgIpc) is 2.80. The Morgan fingerprint density at radius 3 is 3.00 bits per heavy atom. The van der Waals surface area contributed by atoms with Gasteiger partial charge in [-0.2, -0.15) is 0 Å². The van der Waals surface area contributed by atoms with Crippen LogP contribution in [0.1, 0.15) is 31.5 Å². The first-order valence-corrected chi connectivity index (χ1v) is 7.34. The maximum Gasteiger partial charge on any atom is 0.238 e. The van der Waals surface area contributed by atoms with Crippen LogP contribution in [0, 0.1) is 0 Å². The minimum absolute atomic E-state index is 0.0940. The predicted octanol–water partition coefficient (Wildman–Crippen LogP) is 2.59. The van der Waals surface area contributed by atoms with Crippen molar-refractivity contribution in [1.82, 2.24) is 10.2 Å². The topological polar surface area (TPSA) is 41.6 Å². The van der Waals surface area contributed by atoms with Crippen molar-refractivity contribution >= 4 is 17.5 Å². The van der Waals surface area contributed by atoms with Gasteiger partial charge in [0, 0.05) is 12.1 Å². The Morgan fingerprint density at radius 1 is 1.55 bits per heavy atom. The van der Waals surface area contributed by atoms with Crippen LogP contribution in [-0.4, -0.2) is 37.1 Å². The van der Waals surface area contributed by atoms with Gasteiger partial charge in [-0.3, -0.25) is 10.1 Å². The van der Waals surface area contributed by atoms with Crippen molar-refractivity contribution in [3.8, 4) is 0 Å². The third-order valence-electron chi connectivity index (χ3n) is 3.55. The summed E-state index contributed by atoms with van der Waals surface area (Å²) in [4.78, 5) is 14.1. The number of hydrogen-bond donors (Lipinski definition) is 1. The Kier molecular flexibility index (Phi) is 5.40. The molecule has 1 aromatic rings. The van der Waals surface area contributed by atoms with E-state index in [1.165, 1.54) is 0 Å². The van der Waals surface area contributed by atoms with Gasteiger partial charge < -0.3 is 9.64 Å². The van der Waals surface area contributed by atoms with Crippen LogP contribution in [0.5, 0.6) is 0 Å². The molecule has 0 bridgehead atoms. The van der Waals surface area contributed by atoms with Gasteiger partial charge in [0.25, 0.3) is 0 Å². The van der Waals surface area contributed by atoms with Gasteiger partial charge in [-0.1, -0.05) is 37.1 Å². The highest BCUT2D eigenvalue weighted by Crippen LogP contribution is 2.28. The van der Waals surface area contributed by atoms with E-state index in [0.29, 0.717) is 18.2 Å². The first-order valence-electron chi connectivity index (χ1n) is 6.96. The smallest absolute Gasteiger partial charge is 0.238 e. The standard InChI is InChI=1S/C15H21ClN2O2/c1-3-5-13(10-20-2)18-14(19)9-17-15(18)11-6-4-7-12(16)8-11/h4,6-8,13,15,17H,3,5,9-10H2,1-2H3. The van der Waals surface area contributed by atoms with Crippen LogP contribution in [0.2, 0.25) is 5.02 Å². The van der Waals surface area contributed by atoms with Gasteiger partial charge in [-0.05, 0) is 24.1 Å². The number of hydrogen-bond acceptors (Lipinski definition) is 3. The van der Waals surface area contributed by atoms with Gasteiger partial charge in [0.15, 0.2) is 0 Å². The zero-order valence-electron chi connectivity index (χ0n) is 11.9. The van der Waals surface area contributed by atoms with Crippen LogP contribution in [0.15, 0.2) is 24.3 Å². The molecule has 1 N–H and O–H groups in total. The SMILES string of the molecule is CCCC(COC)N1C(=O)CNC1c1cccc(Cl)c1. The minimum atomic E-state index is -0.118. The fourth-order valence-corrected chi connectivity index (χ4v) is 2.91. The number of halogens is 1. The maximum atomic E-state index is 12.2. The second-order valence-corrected chi connectivity index (χ2v) is 5.47. The highest BCUT2D eigenvalue weighted by Gasteiger charge is 2.36. The molecule has 1 amide bonds. The van der Waals surface area contributed by atoms with Crippen molar-refractivity contribution < 1.29 is 9.53 Å². The van der Waals surface area contributed by atoms with Gasteiger partial charge in [0.2, 0.25) is 5.91 Å². The molecule has 1 aliphatic heterocycles. The molecule has 0 aromatic heterocycles. The fraction of sp³-hybridized carbons (Fsp3) is 0.533. The monoisotopic (exact) mass is 296 g/mol. The van der Waals surface area contributed by atoms with Crippen molar-refractivity contribution in [2.24, 2.45) is 0 Å². The number of ether oxygens (including phenoxy) is 1. The number of nitrogens with one attached hydrogen (secondary N) is 1. The van der Waals surface area contributed by atoms with E-state index in [1.54, 1.807) is 7.11 Å². The summed E-state index contributed by atoms with van der Waals surface area (Å²) >= 11 is 6.05. The highest BCUT2D eigenvalue weighted by atomic mass is 35.5. The number of rotatable bonds is 6. The third-order valence-corrected chi connectivity index (χ3v) is 3.79. The van der Waals surface area contributed by atoms with Crippen LogP contribution in [0.4, 0.5) is 0 Å². The summed E-state index contributed by atoms with van der Waals surface area (Å²) in [5.41, 5.74) is 1.01. The first kappa shape index (κ1) is 15.3. The van der Waals surface area contributed by atoms with E-state index < -0.39 is 0 Å². The molecular formula is C15H21ClN2O2. The predicted molar refractivity (Wildman–Crippen MR) is 79.6 cm³/mol. The molecule has 110 valence electrons. The molecule has 20 heavy (non-hydrogen) atoms. The van der Waals surface area contributed by atoms with E-state index in [1.807, 2.05) is 29.2 Å². The molecule has 5 heteroatoms. The molecule has 2 unspecified atom stereocenters. The summed E-state index contributed by atoms with van der Waals surface area (Å²) in [5.74, 6) is 0.116. The summed E-state index contributed by atoms with van der Waals surface area (Å²) in [6.45, 7) is 3.03. The molecule has 4 nitrogen and oxygen atoms in total. The molecule has 0 saturated carbocycles. The van der Waals surface area contributed by atoms with Gasteiger partial charge in [0.05, 0.1) is 19.2 Å². The van der Waals surface area contributed by atoms with Crippen molar-refractivity contribution in [3.05, 3.63) is 34.9 Å². The lowest BCUT2D eigenvalue weighted by Crippen LogP contribution is -2.42. The largest absolute Gasteiger partial charge is 0.383 e. The summed E-state index contributed by atoms with van der Waals surface area (Å²) < 4.78 is 5.28. The molecule has 1 heterocycles. The zero-order valence-corrected chi connectivity index (χ0v) is 12.7. The Balaban J connectivity index is 2.25. The molecule has 1 aliphatic rings. The van der Waals surface area contributed by atoms with Crippen LogP contribution in [0.3, 0.4) is 0 Å². The molecule has 1 fully saturated rings. The number of amides is 1. The minimum Gasteiger partial charge on any atom is -0.383 e. The van der Waals surface area contributed by atoms with E-state index in [0.717, 1.165) is 18.4 Å². The maximum absolute atomic E-state index is 12.2. The van der Waals surface area contributed by atoms with Gasteiger partial charge in [-0.25, -0.2) is 0 Å². The Bertz CT molecular complexity index is 461. The average molecular weight is 297 g/mol. The molecule has 2 atom stereocenters. The Labute approximate surface area is 125 Å². The normalized spacial score (nSPS) is 20.4. The Morgan fingerprint density at radius 2 is 2.35 bits per heavy atom. The van der Waals surface area contributed by atoms with Crippen LogP contribution >= 0.6 is 11.6 Å². The summed E-state index contributed by atoms with van der Waals surface area (Å²) in [5, 5.41) is 3.94. The van der Waals surface area contributed by atoms with Crippen LogP contribution < -0.4 is 5.32 Å². The Hall–Kier alpha value is -1.10. The van der Waals surface area contributed by atoms with E-state index in [4.69, 9.17) is 16.3 Å². The molecular weight excluding hydrogens is 276 g/mol. The molecule has 0 spiro atoms. The molecule has 0 aliphatic carbocycles. The lowest BCUT2D eigenvalue weighted by molar-refractivity contribution is -0.131. The van der Waals surface area contributed by atoms with Gasteiger partial charge >= 0.3 is 0 Å². The van der Waals surface area contributed by atoms with Crippen molar-refractivity contribution in [2.75, 3.05) is 20.3 Å². The molecule has 1 aromatic carbocycles. The molecule has 2 rings (SSSR count). The number of methoxy groups -OCH3 is 1. The zero-order chi connectivity index (χ0) is 14.5. The van der Waals surface area contributed by atoms with Gasteiger partial charge in [-0.15, -0.1) is 0 Å². The number of carbonyl (C=O) groups excluding carboxylic acids is 1. The van der Waals surface area contributed by atoms with Crippen molar-refractivity contribution in [1.29, 1.82) is 0 Å². The highest BCUT2D eigenvalue weighted by molar-refractivity contribution is 6.30. The van der Waals surface area contributed by atoms with Crippen LogP contribution in [0.25, 0.3) is 0 Å². The second-order valence-electron chi connectivity index (χ2n) is 5.04. The van der Waals surface area contributed by atoms with E-state index >= 15 is 0 Å². The van der Waals surface area contributed by atoms with Gasteiger partial charge in [0.1, 0.15) is 6.17 Å². The van der Waals surface area contributed by atoms with Crippen LogP contribution in [-0.2, 0) is 9.53 Å². The van der Waals surface area contributed by atoms with E-state index in [-0.39, 0.29) is 18.1 Å². The fourth-order valence-electron chi connectivity index (χ4n) is 2.72. The summed E-state index contributed by atoms with van der Waals surface area (Å²) in [6.07, 6.45) is 1.83. The molecule has 1 saturated heterocycles. The number of nitrogens with zero attached hydrogens (tertiary/aromatic N) is 1. The lowest BCUT2D eigenvalue weighted by Gasteiger charge is -2.32. The van der Waals surface area contributed by atoms with E-state index in [9.17, 15) is 4.79 Å². The summed E-state index contributed by atoms with van der Waals surface area (Å²) in [6, 6.07) is 7.73. The quantitative estimate of drug-likeness (QED) is 0.877. The lowest BCUT2D eigenvalue weighted by atomic mass is 10.1. The van der Waals surface area contributed by atoms with E-state index in [2.05, 4.69) is 12.2 Å². The molecule has 0 radical (unpaired) electrons. The second kappa shape index (κ2) is 7.07. The third kappa shape index (κ3) is 3.32. The van der Waals surface area contributed by atoms with Crippen molar-refractivity contribution in [3.63, 3.8) is 0 Å². The first-order chi connectivity index (χ1) is 9.67.